The van der Waals surface area contributed by atoms with Crippen molar-refractivity contribution in [3.8, 4) is 0 Å². The van der Waals surface area contributed by atoms with Crippen molar-refractivity contribution in [1.82, 2.24) is 4.90 Å². The third kappa shape index (κ3) is 2.85. The number of ether oxygens (including phenoxy) is 2. The second kappa shape index (κ2) is 5.50. The Kier molecular flexibility index (Phi) is 3.81. The number of rotatable bonds is 2. The highest BCUT2D eigenvalue weighted by Gasteiger charge is 2.59. The fourth-order valence-electron chi connectivity index (χ4n) is 3.22. The normalized spacial score (nSPS) is 22.4. The monoisotopic (exact) mass is 353 g/mol. The maximum atomic E-state index is 14.3. The summed E-state index contributed by atoms with van der Waals surface area (Å²) in [7, 11) is 0. The van der Waals surface area contributed by atoms with Crippen LogP contribution in [-0.4, -0.2) is 35.0 Å². The average molecular weight is 353 g/mol. The van der Waals surface area contributed by atoms with Crippen LogP contribution in [0.4, 0.5) is 13.6 Å². The van der Waals surface area contributed by atoms with Gasteiger partial charge in [-0.25, -0.2) is 18.5 Å². The Balaban J connectivity index is 1.90. The molecule has 0 bridgehead atoms. The number of amides is 2. The SMILES string of the molecule is CC(C)(C)OC(=O)CN1C(=O)OC2(CCc3cc(F)cc(F)c32)C1=O. The molecule has 0 aromatic heterocycles. The molecule has 1 atom stereocenters. The van der Waals surface area contributed by atoms with Crippen LogP contribution in [0.2, 0.25) is 0 Å². The zero-order valence-corrected chi connectivity index (χ0v) is 14.0. The van der Waals surface area contributed by atoms with Crippen LogP contribution in [0.25, 0.3) is 0 Å². The van der Waals surface area contributed by atoms with E-state index in [1.54, 1.807) is 20.8 Å². The molecule has 1 aliphatic carbocycles. The number of hydrogen-bond donors (Lipinski definition) is 0. The summed E-state index contributed by atoms with van der Waals surface area (Å²) in [6.07, 6.45) is -0.867. The molecule has 8 heteroatoms. The minimum Gasteiger partial charge on any atom is -0.459 e. The summed E-state index contributed by atoms with van der Waals surface area (Å²) in [6.45, 7) is 4.31. The van der Waals surface area contributed by atoms with Crippen molar-refractivity contribution in [3.05, 3.63) is 34.9 Å². The van der Waals surface area contributed by atoms with Gasteiger partial charge in [-0.05, 0) is 38.8 Å². The summed E-state index contributed by atoms with van der Waals surface area (Å²) in [5, 5.41) is 0. The predicted octanol–water partition coefficient (Wildman–Crippen LogP) is 2.43. The van der Waals surface area contributed by atoms with E-state index in [1.807, 2.05) is 0 Å². The highest BCUT2D eigenvalue weighted by atomic mass is 19.1. The number of aryl methyl sites for hydroxylation is 1. The molecule has 0 radical (unpaired) electrons. The van der Waals surface area contributed by atoms with Crippen LogP contribution in [0.5, 0.6) is 0 Å². The Labute approximate surface area is 142 Å². The largest absolute Gasteiger partial charge is 0.459 e. The van der Waals surface area contributed by atoms with Crippen LogP contribution >= 0.6 is 0 Å². The quantitative estimate of drug-likeness (QED) is 0.764. The number of hydrogen-bond acceptors (Lipinski definition) is 5. The van der Waals surface area contributed by atoms with E-state index in [-0.39, 0.29) is 24.0 Å². The molecule has 1 unspecified atom stereocenters. The molecular weight excluding hydrogens is 336 g/mol. The molecule has 1 spiro atoms. The van der Waals surface area contributed by atoms with E-state index in [2.05, 4.69) is 0 Å². The fourth-order valence-corrected chi connectivity index (χ4v) is 3.22. The number of imide groups is 1. The number of esters is 1. The van der Waals surface area contributed by atoms with Gasteiger partial charge in [0.2, 0.25) is 5.60 Å². The summed E-state index contributed by atoms with van der Waals surface area (Å²) >= 11 is 0. The van der Waals surface area contributed by atoms with Crippen molar-refractivity contribution in [2.24, 2.45) is 0 Å². The summed E-state index contributed by atoms with van der Waals surface area (Å²) in [6, 6.07) is 1.76. The molecule has 2 aliphatic rings. The summed E-state index contributed by atoms with van der Waals surface area (Å²) < 4.78 is 37.9. The maximum Gasteiger partial charge on any atom is 0.418 e. The van der Waals surface area contributed by atoms with Crippen LogP contribution in [0.3, 0.4) is 0 Å². The molecule has 1 aromatic carbocycles. The van der Waals surface area contributed by atoms with Crippen LogP contribution in [0.15, 0.2) is 12.1 Å². The van der Waals surface area contributed by atoms with E-state index >= 15 is 0 Å². The van der Waals surface area contributed by atoms with Crippen molar-refractivity contribution in [2.75, 3.05) is 6.54 Å². The average Bonchev–Trinajstić information content (AvgIpc) is 2.91. The first kappa shape index (κ1) is 17.3. The molecule has 1 aromatic rings. The molecule has 2 amide bonds. The molecule has 134 valence electrons. The van der Waals surface area contributed by atoms with Crippen LogP contribution in [0.1, 0.15) is 38.3 Å². The molecule has 6 nitrogen and oxygen atoms in total. The summed E-state index contributed by atoms with van der Waals surface area (Å²) in [5.74, 6) is -3.34. The van der Waals surface area contributed by atoms with Gasteiger partial charge in [0.1, 0.15) is 23.8 Å². The van der Waals surface area contributed by atoms with E-state index in [4.69, 9.17) is 9.47 Å². The van der Waals surface area contributed by atoms with Crippen molar-refractivity contribution in [1.29, 1.82) is 0 Å². The number of halogens is 2. The van der Waals surface area contributed by atoms with Crippen molar-refractivity contribution in [2.45, 2.75) is 44.8 Å². The standard InChI is InChI=1S/C17H17F2NO5/c1-16(2,3)24-12(21)8-20-14(22)17(25-15(20)23)5-4-9-6-10(18)7-11(19)13(9)17/h6-7H,4-5,8H2,1-3H3. The number of carbonyl (C=O) groups excluding carboxylic acids is 3. The zero-order valence-electron chi connectivity index (χ0n) is 14.0. The second-order valence-corrected chi connectivity index (χ2v) is 7.09. The van der Waals surface area contributed by atoms with Crippen molar-refractivity contribution < 1.29 is 32.6 Å². The van der Waals surface area contributed by atoms with E-state index in [9.17, 15) is 23.2 Å². The molecule has 3 rings (SSSR count). The lowest BCUT2D eigenvalue weighted by molar-refractivity contribution is -0.157. The molecule has 0 N–H and O–H groups in total. The Morgan fingerprint density at radius 1 is 1.32 bits per heavy atom. The Morgan fingerprint density at radius 3 is 2.64 bits per heavy atom. The smallest absolute Gasteiger partial charge is 0.418 e. The summed E-state index contributed by atoms with van der Waals surface area (Å²) in [4.78, 5) is 37.4. The molecule has 1 fully saturated rings. The summed E-state index contributed by atoms with van der Waals surface area (Å²) in [5.41, 5.74) is -2.49. The Bertz CT molecular complexity index is 786. The molecule has 1 heterocycles. The lowest BCUT2D eigenvalue weighted by Crippen LogP contribution is -2.41. The Hall–Kier alpha value is -2.51. The highest BCUT2D eigenvalue weighted by molar-refractivity contribution is 6.06. The van der Waals surface area contributed by atoms with Crippen LogP contribution < -0.4 is 0 Å². The first-order chi connectivity index (χ1) is 11.5. The van der Waals surface area contributed by atoms with Gasteiger partial charge in [0.05, 0.1) is 0 Å². The third-order valence-electron chi connectivity index (χ3n) is 4.07. The Morgan fingerprint density at radius 2 is 2.00 bits per heavy atom. The minimum atomic E-state index is -1.84. The van der Waals surface area contributed by atoms with Gasteiger partial charge < -0.3 is 9.47 Å². The van der Waals surface area contributed by atoms with Gasteiger partial charge in [-0.3, -0.25) is 9.59 Å². The number of benzene rings is 1. The van der Waals surface area contributed by atoms with Crippen LogP contribution in [0, 0.1) is 11.6 Å². The lowest BCUT2D eigenvalue weighted by Gasteiger charge is -2.22. The predicted molar refractivity (Wildman–Crippen MR) is 80.4 cm³/mol. The molecule has 25 heavy (non-hydrogen) atoms. The molecular formula is C17H17F2NO5. The maximum absolute atomic E-state index is 14.3. The van der Waals surface area contributed by atoms with E-state index < -0.39 is 47.4 Å². The van der Waals surface area contributed by atoms with Gasteiger partial charge in [0.25, 0.3) is 5.91 Å². The van der Waals surface area contributed by atoms with Gasteiger partial charge in [-0.2, -0.15) is 0 Å². The lowest BCUT2D eigenvalue weighted by atomic mass is 9.94. The fraction of sp³-hybridized carbons (Fsp3) is 0.471. The van der Waals surface area contributed by atoms with E-state index in [1.165, 1.54) is 0 Å². The highest BCUT2D eigenvalue weighted by Crippen LogP contribution is 2.46. The first-order valence-corrected chi connectivity index (χ1v) is 7.79. The number of fused-ring (bicyclic) bond motifs is 2. The van der Waals surface area contributed by atoms with Gasteiger partial charge in [0.15, 0.2) is 0 Å². The molecule has 1 aliphatic heterocycles. The van der Waals surface area contributed by atoms with E-state index in [0.717, 1.165) is 6.07 Å². The van der Waals surface area contributed by atoms with Crippen molar-refractivity contribution >= 4 is 18.0 Å². The van der Waals surface area contributed by atoms with Crippen molar-refractivity contribution in [3.63, 3.8) is 0 Å². The van der Waals surface area contributed by atoms with Gasteiger partial charge >= 0.3 is 12.1 Å². The van der Waals surface area contributed by atoms with Gasteiger partial charge in [0, 0.05) is 18.1 Å². The van der Waals surface area contributed by atoms with Crippen LogP contribution in [-0.2, 0) is 31.1 Å². The minimum absolute atomic E-state index is 0.00189. The topological polar surface area (TPSA) is 72.9 Å². The second-order valence-electron chi connectivity index (χ2n) is 7.09. The molecule has 0 saturated carbocycles. The molecule has 1 saturated heterocycles. The zero-order chi connectivity index (χ0) is 18.6. The third-order valence-corrected chi connectivity index (χ3v) is 4.07. The van der Waals surface area contributed by atoms with Gasteiger partial charge in [-0.15, -0.1) is 0 Å². The number of nitrogens with zero attached hydrogens (tertiary/aromatic N) is 1. The first-order valence-electron chi connectivity index (χ1n) is 7.79. The number of carbonyl (C=O) groups is 3. The van der Waals surface area contributed by atoms with Gasteiger partial charge in [-0.1, -0.05) is 0 Å². The van der Waals surface area contributed by atoms with E-state index in [0.29, 0.717) is 11.0 Å².